The number of benzene rings is 2. The molecule has 24 heavy (non-hydrogen) atoms. The highest BCUT2D eigenvalue weighted by atomic mass is 15.2. The first kappa shape index (κ1) is 14.7. The summed E-state index contributed by atoms with van der Waals surface area (Å²) in [5, 5.41) is 0. The Morgan fingerprint density at radius 2 is 1.88 bits per heavy atom. The summed E-state index contributed by atoms with van der Waals surface area (Å²) >= 11 is 0. The van der Waals surface area contributed by atoms with Gasteiger partial charge in [0.2, 0.25) is 0 Å². The van der Waals surface area contributed by atoms with Crippen LogP contribution >= 0.6 is 0 Å². The summed E-state index contributed by atoms with van der Waals surface area (Å²) in [6.45, 7) is 12.4. The summed E-state index contributed by atoms with van der Waals surface area (Å²) < 4.78 is 0. The van der Waals surface area contributed by atoms with Crippen molar-refractivity contribution < 1.29 is 0 Å². The van der Waals surface area contributed by atoms with Crippen molar-refractivity contribution in [3.8, 4) is 0 Å². The van der Waals surface area contributed by atoms with Crippen LogP contribution in [0.4, 0.5) is 17.1 Å². The molecule has 0 spiro atoms. The van der Waals surface area contributed by atoms with Crippen LogP contribution in [0, 0.1) is 6.57 Å². The monoisotopic (exact) mass is 313 g/mol. The first-order valence-corrected chi connectivity index (χ1v) is 8.28. The molecule has 0 amide bonds. The number of hydrogen-bond donors (Lipinski definition) is 0. The molecule has 0 radical (unpaired) electrons. The number of nitrogens with zero attached hydrogens (tertiary/aromatic N) is 3. The minimum absolute atomic E-state index is 0.346. The highest BCUT2D eigenvalue weighted by Crippen LogP contribution is 2.42. The molecular weight excluding hydrogens is 294 g/mol. The molecule has 2 aromatic carbocycles. The van der Waals surface area contributed by atoms with Crippen molar-refractivity contribution in [1.29, 1.82) is 0 Å². The molecule has 0 saturated heterocycles. The first-order valence-electron chi connectivity index (χ1n) is 8.28. The van der Waals surface area contributed by atoms with Gasteiger partial charge in [-0.15, -0.1) is 0 Å². The van der Waals surface area contributed by atoms with Crippen molar-refractivity contribution in [2.75, 3.05) is 11.4 Å². The van der Waals surface area contributed by atoms with Gasteiger partial charge in [-0.3, -0.25) is 4.99 Å². The fraction of sp³-hybridized carbons (Fsp3) is 0.238. The molecule has 0 N–H and O–H groups in total. The van der Waals surface area contributed by atoms with Gasteiger partial charge in [0.15, 0.2) is 5.69 Å². The second-order valence-electron chi connectivity index (χ2n) is 6.45. The zero-order chi connectivity index (χ0) is 16.7. The number of hydrogen-bond acceptors (Lipinski definition) is 2. The van der Waals surface area contributed by atoms with Crippen molar-refractivity contribution in [2.45, 2.75) is 26.3 Å². The van der Waals surface area contributed by atoms with Crippen LogP contribution in [0.5, 0.6) is 0 Å². The fourth-order valence-electron chi connectivity index (χ4n) is 3.84. The van der Waals surface area contributed by atoms with Gasteiger partial charge in [-0.05, 0) is 44.0 Å². The molecule has 3 heteroatoms. The van der Waals surface area contributed by atoms with E-state index in [4.69, 9.17) is 6.57 Å². The standard InChI is InChI=1S/C21H19N3/c1-14-12-16-13-23-15(2)21(16)19-6-4-5-7-20(19)24(14)18-10-8-17(22-3)9-11-18/h4-11,14H,12-13H2,1-2H3. The van der Waals surface area contributed by atoms with E-state index in [-0.39, 0.29) is 0 Å². The summed E-state index contributed by atoms with van der Waals surface area (Å²) in [5.74, 6) is 0. The Morgan fingerprint density at radius 3 is 2.62 bits per heavy atom. The topological polar surface area (TPSA) is 20.0 Å². The third kappa shape index (κ3) is 2.23. The number of fused-ring (bicyclic) bond motifs is 2. The van der Waals surface area contributed by atoms with Gasteiger partial charge < -0.3 is 4.90 Å². The molecule has 1 unspecified atom stereocenters. The molecule has 1 atom stereocenters. The highest BCUT2D eigenvalue weighted by molar-refractivity contribution is 6.26. The lowest BCUT2D eigenvalue weighted by Crippen LogP contribution is -2.28. The zero-order valence-corrected chi connectivity index (χ0v) is 14.0. The van der Waals surface area contributed by atoms with E-state index in [0.717, 1.165) is 24.4 Å². The minimum atomic E-state index is 0.346. The molecule has 0 saturated carbocycles. The number of aliphatic imine (C=N–C) groups is 1. The fourth-order valence-corrected chi connectivity index (χ4v) is 3.84. The van der Waals surface area contributed by atoms with Gasteiger partial charge in [0.1, 0.15) is 0 Å². The third-order valence-corrected chi connectivity index (χ3v) is 4.89. The lowest BCUT2D eigenvalue weighted by Gasteiger charge is -2.31. The maximum absolute atomic E-state index is 7.15. The van der Waals surface area contributed by atoms with Crippen LogP contribution in [0.2, 0.25) is 0 Å². The second kappa shape index (κ2) is 5.65. The van der Waals surface area contributed by atoms with Gasteiger partial charge in [0, 0.05) is 34.3 Å². The lowest BCUT2D eigenvalue weighted by molar-refractivity contribution is 0.703. The average molecular weight is 313 g/mol. The SMILES string of the molecule is [C-]#[N+]c1ccc(N2c3ccccc3C3=C(CN=C3C)CC2C)cc1. The summed E-state index contributed by atoms with van der Waals surface area (Å²) in [7, 11) is 0. The van der Waals surface area contributed by atoms with Gasteiger partial charge in [0.05, 0.1) is 13.1 Å². The largest absolute Gasteiger partial charge is 0.338 e. The third-order valence-electron chi connectivity index (χ3n) is 4.89. The molecule has 0 aliphatic carbocycles. The van der Waals surface area contributed by atoms with E-state index in [1.165, 1.54) is 22.4 Å². The molecule has 2 aliphatic rings. The van der Waals surface area contributed by atoms with Crippen molar-refractivity contribution >= 4 is 28.3 Å². The van der Waals surface area contributed by atoms with Crippen molar-refractivity contribution in [2.24, 2.45) is 4.99 Å². The van der Waals surface area contributed by atoms with Crippen LogP contribution < -0.4 is 4.90 Å². The van der Waals surface area contributed by atoms with Crippen LogP contribution in [0.15, 0.2) is 59.1 Å². The minimum Gasteiger partial charge on any atom is -0.338 e. The van der Waals surface area contributed by atoms with E-state index in [0.29, 0.717) is 11.7 Å². The van der Waals surface area contributed by atoms with Crippen molar-refractivity contribution in [3.63, 3.8) is 0 Å². The van der Waals surface area contributed by atoms with Crippen LogP contribution in [-0.2, 0) is 0 Å². The molecule has 0 fully saturated rings. The Hall–Kier alpha value is -2.86. The van der Waals surface area contributed by atoms with Gasteiger partial charge >= 0.3 is 0 Å². The molecule has 0 aromatic heterocycles. The number of anilines is 2. The van der Waals surface area contributed by atoms with Crippen LogP contribution in [0.3, 0.4) is 0 Å². The van der Waals surface area contributed by atoms with Crippen LogP contribution in [-0.4, -0.2) is 18.3 Å². The van der Waals surface area contributed by atoms with Crippen molar-refractivity contribution in [1.82, 2.24) is 0 Å². The molecule has 2 aromatic rings. The van der Waals surface area contributed by atoms with Crippen LogP contribution in [0.1, 0.15) is 25.8 Å². The van der Waals surface area contributed by atoms with Gasteiger partial charge in [-0.25, -0.2) is 4.85 Å². The molecule has 2 aliphatic heterocycles. The molecule has 118 valence electrons. The maximum atomic E-state index is 7.15. The van der Waals surface area contributed by atoms with Crippen molar-refractivity contribution in [3.05, 3.63) is 71.1 Å². The summed E-state index contributed by atoms with van der Waals surface area (Å²) in [6, 6.07) is 16.8. The number of para-hydroxylation sites is 1. The summed E-state index contributed by atoms with van der Waals surface area (Å²) in [5.41, 5.74) is 8.23. The summed E-state index contributed by atoms with van der Waals surface area (Å²) in [6.07, 6.45) is 1.01. The van der Waals surface area contributed by atoms with Gasteiger partial charge in [-0.2, -0.15) is 0 Å². The Kier molecular flexibility index (Phi) is 3.46. The van der Waals surface area contributed by atoms with Gasteiger partial charge in [0.25, 0.3) is 0 Å². The predicted octanol–water partition coefficient (Wildman–Crippen LogP) is 5.40. The molecule has 2 heterocycles. The smallest absolute Gasteiger partial charge is 0.187 e. The predicted molar refractivity (Wildman–Crippen MR) is 100 cm³/mol. The van der Waals surface area contributed by atoms with E-state index < -0.39 is 0 Å². The first-order chi connectivity index (χ1) is 11.7. The van der Waals surface area contributed by atoms with E-state index in [2.05, 4.69) is 65.0 Å². The Labute approximate surface area is 142 Å². The molecule has 4 rings (SSSR count). The summed E-state index contributed by atoms with van der Waals surface area (Å²) in [4.78, 5) is 10.6. The quantitative estimate of drug-likeness (QED) is 0.646. The molecular formula is C21H19N3. The number of allylic oxidation sites excluding steroid dienone is 1. The highest BCUT2D eigenvalue weighted by Gasteiger charge is 2.30. The van der Waals surface area contributed by atoms with E-state index in [1.807, 2.05) is 12.1 Å². The Bertz CT molecular complexity index is 897. The van der Waals surface area contributed by atoms with Crippen LogP contribution in [0.25, 0.3) is 10.4 Å². The molecule has 3 nitrogen and oxygen atoms in total. The number of rotatable bonds is 1. The zero-order valence-electron chi connectivity index (χ0n) is 14.0. The second-order valence-corrected chi connectivity index (χ2v) is 6.45. The normalized spacial score (nSPS) is 19.3. The van der Waals surface area contributed by atoms with Gasteiger partial charge in [-0.1, -0.05) is 30.3 Å². The van der Waals surface area contributed by atoms with E-state index >= 15 is 0 Å². The lowest BCUT2D eigenvalue weighted by atomic mass is 9.96. The van der Waals surface area contributed by atoms with E-state index in [9.17, 15) is 0 Å². The van der Waals surface area contributed by atoms with E-state index in [1.54, 1.807) is 0 Å². The Morgan fingerprint density at radius 1 is 1.12 bits per heavy atom. The molecule has 0 bridgehead atoms. The maximum Gasteiger partial charge on any atom is 0.187 e. The average Bonchev–Trinajstić information content (AvgIpc) is 2.90. The Balaban J connectivity index is 1.88.